The van der Waals surface area contributed by atoms with E-state index in [0.29, 0.717) is 10.6 Å². The summed E-state index contributed by atoms with van der Waals surface area (Å²) in [6.07, 6.45) is -6.46. The van der Waals surface area contributed by atoms with E-state index in [0.717, 1.165) is 18.2 Å². The van der Waals surface area contributed by atoms with E-state index in [1.54, 1.807) is 6.92 Å². The third-order valence-corrected chi connectivity index (χ3v) is 6.23. The normalized spacial score (nSPS) is 12.5. The lowest BCUT2D eigenvalue weighted by molar-refractivity contribution is -0.274. The monoisotopic (exact) mass is 544 g/mol. The number of ether oxygens (including phenoxy) is 2. The van der Waals surface area contributed by atoms with Crippen LogP contribution in [0.15, 0.2) is 71.6 Å². The van der Waals surface area contributed by atoms with E-state index in [4.69, 9.17) is 16.3 Å². The number of anilines is 2. The van der Waals surface area contributed by atoms with Crippen LogP contribution in [0, 0.1) is 0 Å². The number of benzene rings is 3. The Kier molecular flexibility index (Phi) is 8.33. The van der Waals surface area contributed by atoms with Crippen molar-refractivity contribution in [2.75, 3.05) is 16.6 Å². The predicted molar refractivity (Wildman–Crippen MR) is 127 cm³/mol. The van der Waals surface area contributed by atoms with Gasteiger partial charge in [-0.3, -0.25) is 9.52 Å². The van der Waals surface area contributed by atoms with Crippen LogP contribution in [0.2, 0.25) is 5.02 Å². The van der Waals surface area contributed by atoms with Gasteiger partial charge in [-0.25, -0.2) is 8.42 Å². The molecule has 0 aliphatic heterocycles. The highest BCUT2D eigenvalue weighted by Gasteiger charge is 2.31. The van der Waals surface area contributed by atoms with Gasteiger partial charge in [-0.2, -0.15) is 0 Å². The van der Waals surface area contributed by atoms with E-state index in [1.807, 2.05) is 0 Å². The van der Waals surface area contributed by atoms with Gasteiger partial charge in [0, 0.05) is 22.8 Å². The van der Waals surface area contributed by atoms with Crippen LogP contribution in [0.1, 0.15) is 18.6 Å². The second-order valence-electron chi connectivity index (χ2n) is 7.22. The van der Waals surface area contributed by atoms with E-state index in [9.17, 15) is 31.5 Å². The summed E-state index contributed by atoms with van der Waals surface area (Å²) in [6, 6.07) is 14.0. The van der Waals surface area contributed by atoms with Crippen molar-refractivity contribution < 1.29 is 41.0 Å². The number of aliphatic hydroxyl groups excluding tert-OH is 1. The van der Waals surface area contributed by atoms with Gasteiger partial charge in [-0.1, -0.05) is 29.8 Å². The Morgan fingerprint density at radius 1 is 1.06 bits per heavy atom. The van der Waals surface area contributed by atoms with Crippen molar-refractivity contribution in [1.29, 1.82) is 0 Å². The molecule has 0 aliphatic carbocycles. The first-order valence-electron chi connectivity index (χ1n) is 10.3. The fourth-order valence-electron chi connectivity index (χ4n) is 3.05. The van der Waals surface area contributed by atoms with Gasteiger partial charge in [0.15, 0.2) is 6.10 Å². The maximum Gasteiger partial charge on any atom is 0.573 e. The minimum absolute atomic E-state index is 0.0717. The van der Waals surface area contributed by atoms with E-state index in [2.05, 4.69) is 14.8 Å². The Labute approximate surface area is 209 Å². The summed E-state index contributed by atoms with van der Waals surface area (Å²) in [6.45, 7) is 1.68. The second kappa shape index (κ2) is 11.1. The van der Waals surface area contributed by atoms with Gasteiger partial charge in [0.05, 0.1) is 12.3 Å². The molecule has 0 aromatic heterocycles. The molecular formula is C23H20ClF3N2O6S. The van der Waals surface area contributed by atoms with Crippen LogP contribution in [0.4, 0.5) is 24.5 Å². The standard InChI is InChI=1S/C23H20ClF3N2O6S/c1-2-34-19-13-16(28-22(31)21(30)14-6-8-15(24)9-7-14)10-11-20(19)36(32,33)29-17-4-3-5-18(12-17)35-23(25,26)27/h3-13,21,29-30H,2H2,1H3,(H,28,31). The first-order chi connectivity index (χ1) is 16.9. The Bertz CT molecular complexity index is 1330. The minimum atomic E-state index is -4.94. The molecule has 192 valence electrons. The van der Waals surface area contributed by atoms with E-state index >= 15 is 0 Å². The summed E-state index contributed by atoms with van der Waals surface area (Å²) in [5.74, 6) is -1.52. The molecule has 3 N–H and O–H groups in total. The topological polar surface area (TPSA) is 114 Å². The number of hydrogen-bond acceptors (Lipinski definition) is 6. The molecule has 0 saturated heterocycles. The summed E-state index contributed by atoms with van der Waals surface area (Å²) in [4.78, 5) is 12.1. The molecule has 0 bridgehead atoms. The van der Waals surface area contributed by atoms with Crippen LogP contribution < -0.4 is 19.5 Å². The number of halogens is 4. The molecule has 0 heterocycles. The summed E-state index contributed by atoms with van der Waals surface area (Å²) in [7, 11) is -4.32. The first-order valence-corrected chi connectivity index (χ1v) is 12.1. The maximum atomic E-state index is 13.0. The van der Waals surface area contributed by atoms with Crippen LogP contribution >= 0.6 is 11.6 Å². The van der Waals surface area contributed by atoms with Gasteiger partial charge >= 0.3 is 6.36 Å². The quantitative estimate of drug-likeness (QED) is 0.345. The lowest BCUT2D eigenvalue weighted by Crippen LogP contribution is -2.21. The SMILES string of the molecule is CCOc1cc(NC(=O)C(O)c2ccc(Cl)cc2)ccc1S(=O)(=O)Nc1cccc(OC(F)(F)F)c1. The molecule has 36 heavy (non-hydrogen) atoms. The number of carbonyl (C=O) groups excluding carboxylic acids is 1. The Balaban J connectivity index is 1.82. The van der Waals surface area contributed by atoms with Crippen LogP contribution in [0.5, 0.6) is 11.5 Å². The molecule has 13 heteroatoms. The van der Waals surface area contributed by atoms with E-state index < -0.39 is 34.1 Å². The molecule has 1 atom stereocenters. The third-order valence-electron chi connectivity index (χ3n) is 4.55. The fraction of sp³-hybridized carbons (Fsp3) is 0.174. The number of nitrogens with one attached hydrogen (secondary N) is 2. The molecule has 0 fully saturated rings. The number of hydrogen-bond donors (Lipinski definition) is 3. The van der Waals surface area contributed by atoms with Crippen LogP contribution in [0.25, 0.3) is 0 Å². The van der Waals surface area contributed by atoms with Crippen molar-refractivity contribution in [2.45, 2.75) is 24.3 Å². The molecule has 0 saturated carbocycles. The van der Waals surface area contributed by atoms with Crippen molar-refractivity contribution in [2.24, 2.45) is 0 Å². The van der Waals surface area contributed by atoms with Crippen molar-refractivity contribution in [3.05, 3.63) is 77.3 Å². The summed E-state index contributed by atoms with van der Waals surface area (Å²) in [5.41, 5.74) is 0.251. The highest BCUT2D eigenvalue weighted by atomic mass is 35.5. The number of carbonyl (C=O) groups is 1. The minimum Gasteiger partial charge on any atom is -0.492 e. The van der Waals surface area contributed by atoms with Crippen molar-refractivity contribution >= 4 is 38.9 Å². The van der Waals surface area contributed by atoms with Crippen LogP contribution in [-0.2, 0) is 14.8 Å². The Hall–Kier alpha value is -3.48. The molecular weight excluding hydrogens is 525 g/mol. The lowest BCUT2D eigenvalue weighted by Gasteiger charge is -2.16. The molecule has 0 spiro atoms. The zero-order valence-corrected chi connectivity index (χ0v) is 20.1. The number of aliphatic hydroxyl groups is 1. The summed E-state index contributed by atoms with van der Waals surface area (Å²) >= 11 is 5.81. The third kappa shape index (κ3) is 7.26. The number of alkyl halides is 3. The van der Waals surface area contributed by atoms with Gasteiger partial charge in [-0.15, -0.1) is 13.2 Å². The van der Waals surface area contributed by atoms with Gasteiger partial charge < -0.3 is 19.9 Å². The van der Waals surface area contributed by atoms with Crippen molar-refractivity contribution in [1.82, 2.24) is 0 Å². The zero-order chi connectivity index (χ0) is 26.5. The highest BCUT2D eigenvalue weighted by molar-refractivity contribution is 7.92. The molecule has 1 amide bonds. The molecule has 0 radical (unpaired) electrons. The second-order valence-corrected chi connectivity index (χ2v) is 9.31. The maximum absolute atomic E-state index is 13.0. The first kappa shape index (κ1) is 27.1. The predicted octanol–water partition coefficient (Wildman–Crippen LogP) is 5.11. The number of sulfonamides is 1. The Morgan fingerprint density at radius 2 is 1.75 bits per heavy atom. The van der Waals surface area contributed by atoms with Gasteiger partial charge in [0.25, 0.3) is 15.9 Å². The summed E-state index contributed by atoms with van der Waals surface area (Å²) < 4.78 is 74.7. The van der Waals surface area contributed by atoms with Gasteiger partial charge in [0.2, 0.25) is 0 Å². The molecule has 1 unspecified atom stereocenters. The lowest BCUT2D eigenvalue weighted by atomic mass is 10.1. The molecule has 3 aromatic rings. The summed E-state index contributed by atoms with van der Waals surface area (Å²) in [5, 5.41) is 13.2. The average molecular weight is 545 g/mol. The highest BCUT2D eigenvalue weighted by Crippen LogP contribution is 2.31. The molecule has 0 aliphatic rings. The smallest absolute Gasteiger partial charge is 0.492 e. The van der Waals surface area contributed by atoms with Crippen molar-refractivity contribution in [3.63, 3.8) is 0 Å². The van der Waals surface area contributed by atoms with Gasteiger partial charge in [0.1, 0.15) is 16.4 Å². The Morgan fingerprint density at radius 3 is 2.39 bits per heavy atom. The van der Waals surface area contributed by atoms with Crippen LogP contribution in [0.3, 0.4) is 0 Å². The largest absolute Gasteiger partial charge is 0.573 e. The molecule has 8 nitrogen and oxygen atoms in total. The molecule has 3 rings (SSSR count). The zero-order valence-electron chi connectivity index (χ0n) is 18.5. The number of rotatable bonds is 9. The fourth-order valence-corrected chi connectivity index (χ4v) is 4.35. The van der Waals surface area contributed by atoms with Crippen molar-refractivity contribution in [3.8, 4) is 11.5 Å². The van der Waals surface area contributed by atoms with Crippen LogP contribution in [-0.4, -0.2) is 32.4 Å². The van der Waals surface area contributed by atoms with E-state index in [1.165, 1.54) is 48.5 Å². The van der Waals surface area contributed by atoms with E-state index in [-0.39, 0.29) is 28.6 Å². The molecule has 3 aromatic carbocycles. The average Bonchev–Trinajstić information content (AvgIpc) is 2.78. The number of amides is 1. The van der Waals surface area contributed by atoms with Gasteiger partial charge in [-0.05, 0) is 48.9 Å².